The number of halogens is 1. The van der Waals surface area contributed by atoms with E-state index in [0.29, 0.717) is 5.56 Å². The number of benzene rings is 1. The van der Waals surface area contributed by atoms with Gasteiger partial charge in [-0.15, -0.1) is 5.10 Å². The first-order valence-corrected chi connectivity index (χ1v) is 5.21. The quantitative estimate of drug-likeness (QED) is 0.887. The standard InChI is InChI=1S/C11H11FN4O2/c1-11(2,10(17)18)16-9(13-14-15-16)7-4-3-5-8(12)6-7/h3-6H,1-2H3,(H,17,18). The van der Waals surface area contributed by atoms with Crippen molar-refractivity contribution >= 4 is 5.97 Å². The van der Waals surface area contributed by atoms with Gasteiger partial charge in [0.2, 0.25) is 0 Å². The lowest BCUT2D eigenvalue weighted by Gasteiger charge is -2.20. The molecule has 0 radical (unpaired) electrons. The Morgan fingerprint density at radius 3 is 2.78 bits per heavy atom. The molecule has 0 aliphatic heterocycles. The molecule has 1 heterocycles. The highest BCUT2D eigenvalue weighted by Crippen LogP contribution is 2.23. The summed E-state index contributed by atoms with van der Waals surface area (Å²) in [6.45, 7) is 2.93. The van der Waals surface area contributed by atoms with Crippen molar-refractivity contribution in [2.24, 2.45) is 0 Å². The van der Waals surface area contributed by atoms with Crippen LogP contribution in [-0.4, -0.2) is 31.3 Å². The number of hydrogen-bond acceptors (Lipinski definition) is 4. The molecule has 0 aliphatic carbocycles. The molecule has 1 aromatic carbocycles. The zero-order valence-electron chi connectivity index (χ0n) is 9.83. The molecule has 6 nitrogen and oxygen atoms in total. The molecule has 0 atom stereocenters. The van der Waals surface area contributed by atoms with Crippen LogP contribution in [0.5, 0.6) is 0 Å². The molecule has 7 heteroatoms. The van der Waals surface area contributed by atoms with E-state index in [1.807, 2.05) is 0 Å². The third-order valence-electron chi connectivity index (χ3n) is 2.61. The Morgan fingerprint density at radius 2 is 2.17 bits per heavy atom. The zero-order valence-corrected chi connectivity index (χ0v) is 9.83. The van der Waals surface area contributed by atoms with Crippen LogP contribution in [0.4, 0.5) is 4.39 Å². The van der Waals surface area contributed by atoms with Gasteiger partial charge in [0, 0.05) is 5.56 Å². The van der Waals surface area contributed by atoms with Gasteiger partial charge in [-0.05, 0) is 36.4 Å². The first-order chi connectivity index (χ1) is 8.43. The average Bonchev–Trinajstić information content (AvgIpc) is 2.78. The van der Waals surface area contributed by atoms with E-state index in [9.17, 15) is 9.18 Å². The normalized spacial score (nSPS) is 11.5. The number of rotatable bonds is 3. The number of nitrogens with zero attached hydrogens (tertiary/aromatic N) is 4. The zero-order chi connectivity index (χ0) is 13.3. The summed E-state index contributed by atoms with van der Waals surface area (Å²) in [6.07, 6.45) is 0. The van der Waals surface area contributed by atoms with Gasteiger partial charge in [-0.2, -0.15) is 0 Å². The second-order valence-electron chi connectivity index (χ2n) is 4.29. The first kappa shape index (κ1) is 12.2. The van der Waals surface area contributed by atoms with Gasteiger partial charge in [-0.3, -0.25) is 0 Å². The second kappa shape index (κ2) is 4.17. The number of carboxylic acids is 1. The summed E-state index contributed by atoms with van der Waals surface area (Å²) in [4.78, 5) is 11.2. The fourth-order valence-electron chi connectivity index (χ4n) is 1.46. The highest BCUT2D eigenvalue weighted by molar-refractivity contribution is 5.76. The SMILES string of the molecule is CC(C)(C(=O)O)n1nnnc1-c1cccc(F)c1. The van der Waals surface area contributed by atoms with Crippen molar-refractivity contribution < 1.29 is 14.3 Å². The monoisotopic (exact) mass is 250 g/mol. The summed E-state index contributed by atoms with van der Waals surface area (Å²) < 4.78 is 14.3. The molecule has 0 fully saturated rings. The lowest BCUT2D eigenvalue weighted by Crippen LogP contribution is -2.37. The Labute approximate surface area is 102 Å². The van der Waals surface area contributed by atoms with Gasteiger partial charge in [0.15, 0.2) is 11.4 Å². The van der Waals surface area contributed by atoms with Crippen LogP contribution >= 0.6 is 0 Å². The van der Waals surface area contributed by atoms with Crippen molar-refractivity contribution in [2.45, 2.75) is 19.4 Å². The summed E-state index contributed by atoms with van der Waals surface area (Å²) >= 11 is 0. The van der Waals surface area contributed by atoms with E-state index in [2.05, 4.69) is 15.5 Å². The summed E-state index contributed by atoms with van der Waals surface area (Å²) in [5, 5.41) is 20.0. The van der Waals surface area contributed by atoms with Crippen LogP contribution in [0.2, 0.25) is 0 Å². The van der Waals surface area contributed by atoms with E-state index < -0.39 is 17.3 Å². The van der Waals surface area contributed by atoms with Crippen LogP contribution in [0.1, 0.15) is 13.8 Å². The molecule has 0 aliphatic rings. The Hall–Kier alpha value is -2.31. The molecule has 1 aromatic heterocycles. The molecule has 2 rings (SSSR count). The predicted molar refractivity (Wildman–Crippen MR) is 60.2 cm³/mol. The van der Waals surface area contributed by atoms with Crippen LogP contribution in [-0.2, 0) is 10.3 Å². The average molecular weight is 250 g/mol. The van der Waals surface area contributed by atoms with Crippen molar-refractivity contribution in [3.05, 3.63) is 30.1 Å². The van der Waals surface area contributed by atoms with Gasteiger partial charge < -0.3 is 5.11 Å². The van der Waals surface area contributed by atoms with Crippen LogP contribution in [0.25, 0.3) is 11.4 Å². The fourth-order valence-corrected chi connectivity index (χ4v) is 1.46. The maximum atomic E-state index is 13.2. The van der Waals surface area contributed by atoms with Crippen LogP contribution in [0, 0.1) is 5.82 Å². The van der Waals surface area contributed by atoms with Crippen molar-refractivity contribution in [3.8, 4) is 11.4 Å². The molecular formula is C11H11FN4O2. The Kier molecular flexibility index (Phi) is 2.82. The number of aromatic nitrogens is 4. The molecule has 94 valence electrons. The lowest BCUT2D eigenvalue weighted by molar-refractivity contribution is -0.146. The van der Waals surface area contributed by atoms with Gasteiger partial charge in [0.05, 0.1) is 0 Å². The number of tetrazole rings is 1. The van der Waals surface area contributed by atoms with Gasteiger partial charge >= 0.3 is 5.97 Å². The highest BCUT2D eigenvalue weighted by atomic mass is 19.1. The summed E-state index contributed by atoms with van der Waals surface area (Å²) in [6, 6.07) is 5.67. The molecule has 0 bridgehead atoms. The molecule has 2 aromatic rings. The molecule has 0 saturated heterocycles. The molecule has 18 heavy (non-hydrogen) atoms. The van der Waals surface area contributed by atoms with Gasteiger partial charge in [0.25, 0.3) is 0 Å². The molecule has 0 spiro atoms. The maximum absolute atomic E-state index is 13.2. The van der Waals surface area contributed by atoms with E-state index in [0.717, 1.165) is 4.68 Å². The summed E-state index contributed by atoms with van der Waals surface area (Å²) in [5.74, 6) is -1.30. The smallest absolute Gasteiger partial charge is 0.331 e. The van der Waals surface area contributed by atoms with Gasteiger partial charge in [-0.1, -0.05) is 12.1 Å². The van der Waals surface area contributed by atoms with E-state index in [4.69, 9.17) is 5.11 Å². The van der Waals surface area contributed by atoms with Crippen LogP contribution in [0.15, 0.2) is 24.3 Å². The Balaban J connectivity index is 2.55. The van der Waals surface area contributed by atoms with Crippen molar-refractivity contribution in [1.82, 2.24) is 20.2 Å². The second-order valence-corrected chi connectivity index (χ2v) is 4.29. The maximum Gasteiger partial charge on any atom is 0.331 e. The van der Waals surface area contributed by atoms with E-state index in [1.54, 1.807) is 6.07 Å². The highest BCUT2D eigenvalue weighted by Gasteiger charge is 2.33. The molecular weight excluding hydrogens is 239 g/mol. The minimum atomic E-state index is -1.31. The Bertz CT molecular complexity index is 594. The molecule has 0 amide bonds. The number of carbonyl (C=O) groups is 1. The number of aliphatic carboxylic acids is 1. The topological polar surface area (TPSA) is 80.9 Å². The van der Waals surface area contributed by atoms with E-state index >= 15 is 0 Å². The largest absolute Gasteiger partial charge is 0.479 e. The fraction of sp³-hybridized carbons (Fsp3) is 0.273. The Morgan fingerprint density at radius 1 is 1.44 bits per heavy atom. The third-order valence-corrected chi connectivity index (χ3v) is 2.61. The predicted octanol–water partition coefficient (Wildman–Crippen LogP) is 1.30. The van der Waals surface area contributed by atoms with E-state index in [1.165, 1.54) is 32.0 Å². The molecule has 0 unspecified atom stereocenters. The minimum absolute atomic E-state index is 0.210. The van der Waals surface area contributed by atoms with E-state index in [-0.39, 0.29) is 5.82 Å². The van der Waals surface area contributed by atoms with Gasteiger partial charge in [-0.25, -0.2) is 13.9 Å². The molecule has 1 N–H and O–H groups in total. The van der Waals surface area contributed by atoms with Crippen LogP contribution in [0.3, 0.4) is 0 Å². The van der Waals surface area contributed by atoms with Crippen molar-refractivity contribution in [3.63, 3.8) is 0 Å². The first-order valence-electron chi connectivity index (χ1n) is 5.21. The minimum Gasteiger partial charge on any atom is -0.479 e. The third kappa shape index (κ3) is 1.94. The number of hydrogen-bond donors (Lipinski definition) is 1. The van der Waals surface area contributed by atoms with Gasteiger partial charge in [0.1, 0.15) is 5.82 Å². The summed E-state index contributed by atoms with van der Waals surface area (Å²) in [7, 11) is 0. The van der Waals surface area contributed by atoms with Crippen molar-refractivity contribution in [1.29, 1.82) is 0 Å². The lowest BCUT2D eigenvalue weighted by atomic mass is 10.1. The van der Waals surface area contributed by atoms with Crippen LogP contribution < -0.4 is 0 Å². The van der Waals surface area contributed by atoms with Crippen molar-refractivity contribution in [2.75, 3.05) is 0 Å². The number of carboxylic acid groups (broad SMARTS) is 1. The summed E-state index contributed by atoms with van der Waals surface area (Å²) in [5.41, 5.74) is -0.889. The molecule has 0 saturated carbocycles.